The number of carboxylic acid groups (broad SMARTS) is 1. The van der Waals surface area contributed by atoms with Crippen molar-refractivity contribution in [2.24, 2.45) is 5.92 Å². The summed E-state index contributed by atoms with van der Waals surface area (Å²) in [6.07, 6.45) is 2.43. The van der Waals surface area contributed by atoms with Gasteiger partial charge in [0, 0.05) is 0 Å². The Morgan fingerprint density at radius 2 is 1.62 bits per heavy atom. The molecule has 3 rings (SSSR count). The summed E-state index contributed by atoms with van der Waals surface area (Å²) in [4.78, 5) is 13.7. The average Bonchev–Trinajstić information content (AvgIpc) is 2.69. The summed E-state index contributed by atoms with van der Waals surface area (Å²) in [6.45, 7) is 3.75. The van der Waals surface area contributed by atoms with E-state index in [1.807, 2.05) is 12.1 Å². The lowest BCUT2D eigenvalue weighted by molar-refractivity contribution is -0.143. The number of benzene rings is 2. The van der Waals surface area contributed by atoms with Gasteiger partial charge in [-0.25, -0.2) is 0 Å². The van der Waals surface area contributed by atoms with Gasteiger partial charge in [-0.2, -0.15) is 0 Å². The molecule has 0 bridgehead atoms. The summed E-state index contributed by atoms with van der Waals surface area (Å²) < 4.78 is 5.29. The molecule has 0 aliphatic carbocycles. The monoisotopic (exact) mass is 353 g/mol. The minimum absolute atomic E-state index is 0.140. The van der Waals surface area contributed by atoms with Crippen molar-refractivity contribution in [1.29, 1.82) is 0 Å². The molecule has 1 unspecified atom stereocenters. The molecule has 26 heavy (non-hydrogen) atoms. The largest absolute Gasteiger partial charge is 0.497 e. The van der Waals surface area contributed by atoms with Crippen molar-refractivity contribution in [3.8, 4) is 5.75 Å². The Kier molecular flexibility index (Phi) is 5.94. The SMILES string of the molecule is CCc1ccc(C(c2ccc(OC)cc2)N2CCC(C(=O)O)CC2)cc1. The highest BCUT2D eigenvalue weighted by Gasteiger charge is 2.30. The first-order chi connectivity index (χ1) is 12.6. The Hall–Kier alpha value is -2.33. The third-order valence-electron chi connectivity index (χ3n) is 5.38. The molecule has 0 spiro atoms. The van der Waals surface area contributed by atoms with Gasteiger partial charge < -0.3 is 9.84 Å². The van der Waals surface area contributed by atoms with Crippen molar-refractivity contribution in [3.63, 3.8) is 0 Å². The average molecular weight is 353 g/mol. The van der Waals surface area contributed by atoms with Gasteiger partial charge in [-0.1, -0.05) is 43.3 Å². The van der Waals surface area contributed by atoms with E-state index >= 15 is 0 Å². The van der Waals surface area contributed by atoms with Crippen molar-refractivity contribution < 1.29 is 14.6 Å². The molecule has 1 aliphatic heterocycles. The summed E-state index contributed by atoms with van der Waals surface area (Å²) >= 11 is 0. The first-order valence-corrected chi connectivity index (χ1v) is 9.32. The molecule has 1 atom stereocenters. The van der Waals surface area contributed by atoms with Crippen molar-refractivity contribution in [2.45, 2.75) is 32.2 Å². The molecule has 138 valence electrons. The van der Waals surface area contributed by atoms with E-state index in [0.717, 1.165) is 25.3 Å². The number of rotatable bonds is 6. The summed E-state index contributed by atoms with van der Waals surface area (Å²) in [6, 6.07) is 17.1. The maximum Gasteiger partial charge on any atom is 0.306 e. The molecule has 1 fully saturated rings. The summed E-state index contributed by atoms with van der Waals surface area (Å²) in [5.41, 5.74) is 3.79. The molecule has 0 amide bonds. The Labute approximate surface area is 155 Å². The second kappa shape index (κ2) is 8.37. The van der Waals surface area contributed by atoms with Crippen molar-refractivity contribution in [2.75, 3.05) is 20.2 Å². The standard InChI is InChI=1S/C22H27NO3/c1-3-16-4-6-17(7-5-16)21(18-8-10-20(26-2)11-9-18)23-14-12-19(13-15-23)22(24)25/h4-11,19,21H,3,12-15H2,1-2H3,(H,24,25). The van der Waals surface area contributed by atoms with E-state index in [2.05, 4.69) is 48.2 Å². The van der Waals surface area contributed by atoms with Crippen molar-refractivity contribution >= 4 is 5.97 Å². The molecular weight excluding hydrogens is 326 g/mol. The second-order valence-corrected chi connectivity index (χ2v) is 6.92. The van der Waals surface area contributed by atoms with Crippen LogP contribution in [0.4, 0.5) is 0 Å². The van der Waals surface area contributed by atoms with Crippen LogP contribution in [-0.4, -0.2) is 36.2 Å². The first-order valence-electron chi connectivity index (χ1n) is 9.32. The smallest absolute Gasteiger partial charge is 0.306 e. The molecule has 4 nitrogen and oxygen atoms in total. The topological polar surface area (TPSA) is 49.8 Å². The van der Waals surface area contributed by atoms with Gasteiger partial charge in [0.2, 0.25) is 0 Å². The predicted octanol–water partition coefficient (Wildman–Crippen LogP) is 4.14. The van der Waals surface area contributed by atoms with Crippen LogP contribution in [0.15, 0.2) is 48.5 Å². The molecular formula is C22H27NO3. The molecule has 2 aromatic carbocycles. The molecule has 4 heteroatoms. The molecule has 1 aliphatic rings. The fourth-order valence-corrected chi connectivity index (χ4v) is 3.74. The van der Waals surface area contributed by atoms with E-state index in [4.69, 9.17) is 4.74 Å². The van der Waals surface area contributed by atoms with Crippen LogP contribution in [0.25, 0.3) is 0 Å². The minimum atomic E-state index is -0.669. The number of aliphatic carboxylic acids is 1. The van der Waals surface area contributed by atoms with E-state index in [1.165, 1.54) is 16.7 Å². The number of methoxy groups -OCH3 is 1. The molecule has 0 radical (unpaired) electrons. The number of hydrogen-bond donors (Lipinski definition) is 1. The van der Waals surface area contributed by atoms with Crippen LogP contribution >= 0.6 is 0 Å². The normalized spacial score (nSPS) is 17.0. The number of hydrogen-bond acceptors (Lipinski definition) is 3. The van der Waals surface area contributed by atoms with Crippen LogP contribution in [0.3, 0.4) is 0 Å². The summed E-state index contributed by atoms with van der Waals surface area (Å²) in [5, 5.41) is 9.28. The number of aryl methyl sites for hydroxylation is 1. The van der Waals surface area contributed by atoms with Crippen LogP contribution in [0.2, 0.25) is 0 Å². The zero-order chi connectivity index (χ0) is 18.5. The fourth-order valence-electron chi connectivity index (χ4n) is 3.74. The Morgan fingerprint density at radius 3 is 2.08 bits per heavy atom. The van der Waals surface area contributed by atoms with Crippen LogP contribution in [0.1, 0.15) is 42.5 Å². The highest BCUT2D eigenvalue weighted by Crippen LogP contribution is 2.33. The van der Waals surface area contributed by atoms with Gasteiger partial charge >= 0.3 is 5.97 Å². The molecule has 0 saturated carbocycles. The number of carboxylic acids is 1. The van der Waals surface area contributed by atoms with Crippen LogP contribution in [0.5, 0.6) is 5.75 Å². The van der Waals surface area contributed by atoms with Crippen LogP contribution in [-0.2, 0) is 11.2 Å². The molecule has 2 aromatic rings. The van der Waals surface area contributed by atoms with Gasteiger partial charge in [0.05, 0.1) is 19.1 Å². The quantitative estimate of drug-likeness (QED) is 0.848. The van der Waals surface area contributed by atoms with Gasteiger partial charge in [-0.05, 0) is 61.2 Å². The molecule has 1 N–H and O–H groups in total. The zero-order valence-corrected chi connectivity index (χ0v) is 15.5. The van der Waals surface area contributed by atoms with E-state index in [0.29, 0.717) is 12.8 Å². The van der Waals surface area contributed by atoms with Gasteiger partial charge in [0.1, 0.15) is 5.75 Å². The van der Waals surface area contributed by atoms with E-state index in [1.54, 1.807) is 7.11 Å². The summed E-state index contributed by atoms with van der Waals surface area (Å²) in [5.74, 6) is -0.0402. The van der Waals surface area contributed by atoms with Gasteiger partial charge in [0.25, 0.3) is 0 Å². The first kappa shape index (κ1) is 18.5. The lowest BCUT2D eigenvalue weighted by Crippen LogP contribution is -2.39. The Bertz CT molecular complexity index is 669. The van der Waals surface area contributed by atoms with E-state index in [-0.39, 0.29) is 12.0 Å². The number of likely N-dealkylation sites (tertiary alicyclic amines) is 1. The number of ether oxygens (including phenoxy) is 1. The Morgan fingerprint density at radius 1 is 1.08 bits per heavy atom. The lowest BCUT2D eigenvalue weighted by atomic mass is 9.91. The molecule has 1 heterocycles. The minimum Gasteiger partial charge on any atom is -0.497 e. The number of piperidine rings is 1. The highest BCUT2D eigenvalue weighted by atomic mass is 16.5. The molecule has 0 aromatic heterocycles. The summed E-state index contributed by atoms with van der Waals surface area (Å²) in [7, 11) is 1.67. The van der Waals surface area contributed by atoms with Gasteiger partial charge in [-0.15, -0.1) is 0 Å². The lowest BCUT2D eigenvalue weighted by Gasteiger charge is -2.37. The number of nitrogens with zero attached hydrogens (tertiary/aromatic N) is 1. The fraction of sp³-hybridized carbons (Fsp3) is 0.409. The van der Waals surface area contributed by atoms with E-state index < -0.39 is 5.97 Å². The highest BCUT2D eigenvalue weighted by molar-refractivity contribution is 5.70. The van der Waals surface area contributed by atoms with Crippen molar-refractivity contribution in [1.82, 2.24) is 4.90 Å². The Balaban J connectivity index is 1.89. The van der Waals surface area contributed by atoms with E-state index in [9.17, 15) is 9.90 Å². The molecule has 1 saturated heterocycles. The predicted molar refractivity (Wildman–Crippen MR) is 103 cm³/mol. The van der Waals surface area contributed by atoms with Crippen LogP contribution in [0, 0.1) is 5.92 Å². The third kappa shape index (κ3) is 4.07. The maximum atomic E-state index is 11.3. The van der Waals surface area contributed by atoms with Crippen LogP contribution < -0.4 is 4.74 Å². The third-order valence-corrected chi connectivity index (χ3v) is 5.38. The van der Waals surface area contributed by atoms with Gasteiger partial charge in [-0.3, -0.25) is 9.69 Å². The second-order valence-electron chi connectivity index (χ2n) is 6.92. The van der Waals surface area contributed by atoms with Gasteiger partial charge in [0.15, 0.2) is 0 Å². The zero-order valence-electron chi connectivity index (χ0n) is 15.5. The van der Waals surface area contributed by atoms with Crippen molar-refractivity contribution in [3.05, 3.63) is 65.2 Å². The number of carbonyl (C=O) groups is 1. The maximum absolute atomic E-state index is 11.3.